The van der Waals surface area contributed by atoms with E-state index in [0.29, 0.717) is 34.6 Å². The minimum atomic E-state index is -1.20. The molecule has 0 bridgehead atoms. The number of aromatic carboxylic acids is 2. The molecule has 0 spiro atoms. The van der Waals surface area contributed by atoms with Gasteiger partial charge in [-0.3, -0.25) is 4.99 Å². The van der Waals surface area contributed by atoms with E-state index in [1.807, 2.05) is 50.2 Å². The number of rotatable bonds is 6. The molecule has 2 aromatic carbocycles. The third-order valence-electron chi connectivity index (χ3n) is 5.19. The van der Waals surface area contributed by atoms with Crippen LogP contribution in [-0.4, -0.2) is 35.2 Å². The summed E-state index contributed by atoms with van der Waals surface area (Å²) in [6.07, 6.45) is 0. The van der Waals surface area contributed by atoms with Gasteiger partial charge in [-0.15, -0.1) is 0 Å². The van der Waals surface area contributed by atoms with Gasteiger partial charge in [-0.2, -0.15) is 0 Å². The monoisotopic (exact) mass is 430 g/mol. The molecule has 7 nitrogen and oxygen atoms in total. The fourth-order valence-corrected chi connectivity index (χ4v) is 3.84. The van der Waals surface area contributed by atoms with E-state index in [1.54, 1.807) is 6.07 Å². The molecule has 0 saturated carbocycles. The topological polar surface area (TPSA) is 112 Å². The molecule has 2 aliphatic rings. The summed E-state index contributed by atoms with van der Waals surface area (Å²) in [5, 5.41) is 23.9. The Morgan fingerprint density at radius 2 is 1.72 bits per heavy atom. The normalized spacial score (nSPS) is 11.8. The van der Waals surface area contributed by atoms with Crippen LogP contribution in [0.1, 0.15) is 34.6 Å². The van der Waals surface area contributed by atoms with Crippen LogP contribution in [0.15, 0.2) is 64.0 Å². The second kappa shape index (κ2) is 8.55. The Balaban J connectivity index is 2.12. The first kappa shape index (κ1) is 21.1. The van der Waals surface area contributed by atoms with Gasteiger partial charge in [0.25, 0.3) is 0 Å². The van der Waals surface area contributed by atoms with Crippen molar-refractivity contribution >= 4 is 28.6 Å². The lowest BCUT2D eigenvalue weighted by molar-refractivity contribution is 0.0696. The number of benzene rings is 3. The van der Waals surface area contributed by atoms with Crippen molar-refractivity contribution in [2.75, 3.05) is 18.4 Å². The molecule has 2 aromatic rings. The average molecular weight is 430 g/mol. The maximum Gasteiger partial charge on any atom is 0.336 e. The Kier molecular flexibility index (Phi) is 5.64. The summed E-state index contributed by atoms with van der Waals surface area (Å²) >= 11 is 0. The summed E-state index contributed by atoms with van der Waals surface area (Å²) in [7, 11) is 0. The van der Waals surface area contributed by atoms with Crippen molar-refractivity contribution < 1.29 is 24.2 Å². The van der Waals surface area contributed by atoms with Crippen molar-refractivity contribution in [3.05, 3.63) is 71.1 Å². The quantitative estimate of drug-likeness (QED) is 0.373. The maximum atomic E-state index is 12.1. The molecular formula is C25H22N2O5. The zero-order valence-corrected chi connectivity index (χ0v) is 17.7. The Morgan fingerprint density at radius 1 is 0.938 bits per heavy atom. The van der Waals surface area contributed by atoms with Gasteiger partial charge in [-0.05, 0) is 55.8 Å². The second-order valence-electron chi connectivity index (χ2n) is 7.24. The van der Waals surface area contributed by atoms with Gasteiger partial charge in [0, 0.05) is 47.4 Å². The van der Waals surface area contributed by atoms with Crippen LogP contribution in [-0.2, 0) is 0 Å². The van der Waals surface area contributed by atoms with Crippen LogP contribution in [0.25, 0.3) is 33.4 Å². The molecule has 1 heterocycles. The minimum Gasteiger partial charge on any atom is -0.478 e. The smallest absolute Gasteiger partial charge is 0.336 e. The van der Waals surface area contributed by atoms with E-state index in [1.165, 1.54) is 12.1 Å². The van der Waals surface area contributed by atoms with Crippen molar-refractivity contribution in [1.82, 2.24) is 0 Å². The molecule has 4 rings (SSSR count). The number of fused-ring (bicyclic) bond motifs is 2. The number of carboxylic acids is 2. The number of carbonyl (C=O) groups is 2. The first-order valence-electron chi connectivity index (χ1n) is 10.3. The zero-order chi connectivity index (χ0) is 22.8. The molecular weight excluding hydrogens is 408 g/mol. The highest BCUT2D eigenvalue weighted by Crippen LogP contribution is 2.42. The van der Waals surface area contributed by atoms with E-state index in [0.717, 1.165) is 23.0 Å². The molecule has 32 heavy (non-hydrogen) atoms. The lowest BCUT2D eigenvalue weighted by Crippen LogP contribution is -2.07. The van der Waals surface area contributed by atoms with Crippen LogP contribution in [0.5, 0.6) is 0 Å². The predicted molar refractivity (Wildman–Crippen MR) is 122 cm³/mol. The summed E-state index contributed by atoms with van der Waals surface area (Å²) < 4.78 is 6.20. The largest absolute Gasteiger partial charge is 0.478 e. The fourth-order valence-electron chi connectivity index (χ4n) is 3.84. The van der Waals surface area contributed by atoms with E-state index in [-0.39, 0.29) is 11.1 Å². The average Bonchev–Trinajstić information content (AvgIpc) is 2.77. The van der Waals surface area contributed by atoms with Crippen molar-refractivity contribution in [2.24, 2.45) is 4.99 Å². The van der Waals surface area contributed by atoms with Crippen molar-refractivity contribution in [1.29, 1.82) is 0 Å². The van der Waals surface area contributed by atoms with E-state index >= 15 is 0 Å². The summed E-state index contributed by atoms with van der Waals surface area (Å²) in [5.74, 6) is -1.82. The van der Waals surface area contributed by atoms with E-state index in [2.05, 4.69) is 10.3 Å². The third kappa shape index (κ3) is 3.80. The number of hydrogen-bond donors (Lipinski definition) is 3. The molecule has 0 amide bonds. The van der Waals surface area contributed by atoms with Crippen LogP contribution in [0.2, 0.25) is 0 Å². The molecule has 0 aromatic heterocycles. The highest BCUT2D eigenvalue weighted by Gasteiger charge is 2.22. The Morgan fingerprint density at radius 3 is 2.41 bits per heavy atom. The highest BCUT2D eigenvalue weighted by molar-refractivity contribution is 6.08. The molecule has 0 radical (unpaired) electrons. The SMILES string of the molecule is CCN=c1ccc2c(-c3ccc(C(=O)O)cc3C(=O)O)c3ccc(NCC)cc3oc-2c1. The van der Waals surface area contributed by atoms with Crippen LogP contribution in [0.3, 0.4) is 0 Å². The third-order valence-corrected chi connectivity index (χ3v) is 5.19. The van der Waals surface area contributed by atoms with Crippen LogP contribution < -0.4 is 10.7 Å². The number of hydrogen-bond acceptors (Lipinski definition) is 5. The van der Waals surface area contributed by atoms with E-state index < -0.39 is 11.9 Å². The molecule has 0 atom stereocenters. The summed E-state index contributed by atoms with van der Waals surface area (Å²) in [4.78, 5) is 27.9. The highest BCUT2D eigenvalue weighted by atomic mass is 16.4. The van der Waals surface area contributed by atoms with Gasteiger partial charge >= 0.3 is 11.9 Å². The first-order chi connectivity index (χ1) is 15.4. The van der Waals surface area contributed by atoms with Crippen molar-refractivity contribution in [3.8, 4) is 22.5 Å². The van der Waals surface area contributed by atoms with Crippen molar-refractivity contribution in [3.63, 3.8) is 0 Å². The molecule has 0 fully saturated rings. The maximum absolute atomic E-state index is 12.1. The number of carboxylic acid groups (broad SMARTS) is 2. The summed E-state index contributed by atoms with van der Waals surface area (Å²) in [5.41, 5.74) is 3.10. The molecule has 0 saturated heterocycles. The van der Waals surface area contributed by atoms with Gasteiger partial charge in [0.2, 0.25) is 0 Å². The van der Waals surface area contributed by atoms with Gasteiger partial charge in [0.1, 0.15) is 11.3 Å². The Bertz CT molecular complexity index is 1390. The summed E-state index contributed by atoms with van der Waals surface area (Å²) in [6.45, 7) is 5.30. The van der Waals surface area contributed by atoms with Gasteiger partial charge in [0.05, 0.1) is 16.5 Å². The van der Waals surface area contributed by atoms with Crippen LogP contribution in [0.4, 0.5) is 5.69 Å². The molecule has 1 aliphatic heterocycles. The lowest BCUT2D eigenvalue weighted by Gasteiger charge is -2.18. The minimum absolute atomic E-state index is 0.0844. The Hall–Kier alpha value is -4.13. The molecule has 7 heteroatoms. The molecule has 0 unspecified atom stereocenters. The van der Waals surface area contributed by atoms with Gasteiger partial charge in [-0.1, -0.05) is 6.07 Å². The van der Waals surface area contributed by atoms with Crippen molar-refractivity contribution in [2.45, 2.75) is 13.8 Å². The number of anilines is 1. The van der Waals surface area contributed by atoms with Crippen LogP contribution in [0, 0.1) is 0 Å². The van der Waals surface area contributed by atoms with Crippen LogP contribution >= 0.6 is 0 Å². The Labute approximate surface area is 184 Å². The number of nitrogens with one attached hydrogen (secondary N) is 1. The fraction of sp³-hybridized carbons (Fsp3) is 0.160. The summed E-state index contributed by atoms with van der Waals surface area (Å²) in [6, 6.07) is 15.4. The molecule has 3 N–H and O–H groups in total. The molecule has 162 valence electrons. The predicted octanol–water partition coefficient (Wildman–Crippen LogP) is 4.95. The molecule has 1 aliphatic carbocycles. The van der Waals surface area contributed by atoms with Gasteiger partial charge in [-0.25, -0.2) is 9.59 Å². The second-order valence-corrected chi connectivity index (χ2v) is 7.24. The zero-order valence-electron chi connectivity index (χ0n) is 17.7. The first-order valence-corrected chi connectivity index (χ1v) is 10.3. The van der Waals surface area contributed by atoms with Gasteiger partial charge in [0.15, 0.2) is 0 Å². The van der Waals surface area contributed by atoms with E-state index in [4.69, 9.17) is 4.42 Å². The number of nitrogens with zero attached hydrogens (tertiary/aromatic N) is 1. The van der Waals surface area contributed by atoms with Gasteiger partial charge < -0.3 is 19.9 Å². The van der Waals surface area contributed by atoms with E-state index in [9.17, 15) is 19.8 Å². The lowest BCUT2D eigenvalue weighted by atomic mass is 9.90. The standard InChI is InChI=1S/C25H22N2O5/c1-3-26-15-6-9-18-21(12-15)32-22-13-16(27-4-2)7-10-19(22)23(18)17-8-5-14(24(28)29)11-20(17)25(30)31/h5-13,26H,3-4H2,1-2H3,(H,28,29)(H,30,31).